The summed E-state index contributed by atoms with van der Waals surface area (Å²) >= 11 is 7.80. The van der Waals surface area contributed by atoms with E-state index in [1.165, 1.54) is 4.88 Å². The van der Waals surface area contributed by atoms with Gasteiger partial charge in [-0.15, -0.1) is 21.5 Å². The van der Waals surface area contributed by atoms with Crippen molar-refractivity contribution in [2.45, 2.75) is 33.2 Å². The van der Waals surface area contributed by atoms with Gasteiger partial charge in [0.25, 0.3) is 0 Å². The molecular weight excluding hydrogens is 518 g/mol. The number of fused-ring (bicyclic) bond motifs is 3. The molecule has 37 heavy (non-hydrogen) atoms. The first-order valence-corrected chi connectivity index (χ1v) is 13.0. The van der Waals surface area contributed by atoms with Crippen LogP contribution in [0.1, 0.15) is 45.7 Å². The molecule has 1 amide bonds. The molecule has 0 unspecified atom stereocenters. The average Bonchev–Trinajstić information content (AvgIpc) is 3.33. The number of aliphatic imine (C=N–C) groups is 1. The molecule has 0 saturated carbocycles. The third-order valence-electron chi connectivity index (χ3n) is 5.90. The first kappa shape index (κ1) is 26.9. The van der Waals surface area contributed by atoms with E-state index in [4.69, 9.17) is 31.2 Å². The summed E-state index contributed by atoms with van der Waals surface area (Å²) in [6.45, 7) is 6.68. The minimum Gasteiger partial charge on any atom is -0.480 e. The topological polar surface area (TPSA) is 128 Å². The second-order valence-corrected chi connectivity index (χ2v) is 10.2. The van der Waals surface area contributed by atoms with E-state index in [1.54, 1.807) is 11.3 Å². The molecule has 1 aliphatic rings. The lowest BCUT2D eigenvalue weighted by molar-refractivity contribution is -0.142. The molecule has 3 aromatic rings. The number of carboxylic acids is 1. The maximum absolute atomic E-state index is 12.9. The molecule has 10 nitrogen and oxygen atoms in total. The van der Waals surface area contributed by atoms with Crippen LogP contribution in [0.15, 0.2) is 29.3 Å². The molecule has 1 aromatic carbocycles. The van der Waals surface area contributed by atoms with E-state index in [0.717, 1.165) is 33.2 Å². The van der Waals surface area contributed by atoms with Gasteiger partial charge in [0.1, 0.15) is 23.5 Å². The van der Waals surface area contributed by atoms with Crippen molar-refractivity contribution in [1.82, 2.24) is 20.1 Å². The summed E-state index contributed by atoms with van der Waals surface area (Å²) in [6, 6.07) is 6.99. The van der Waals surface area contributed by atoms with Gasteiger partial charge in [0.05, 0.1) is 32.0 Å². The Kier molecular flexibility index (Phi) is 8.70. The fraction of sp³-hybridized carbons (Fsp3) is 0.400. The van der Waals surface area contributed by atoms with E-state index >= 15 is 0 Å². The maximum atomic E-state index is 12.9. The molecule has 0 spiro atoms. The molecule has 0 fully saturated rings. The number of halogens is 1. The monoisotopic (exact) mass is 545 g/mol. The number of carbonyl (C=O) groups is 2. The number of ether oxygens (including phenoxy) is 2. The lowest BCUT2D eigenvalue weighted by atomic mass is 9.99. The van der Waals surface area contributed by atoms with Crippen LogP contribution in [0.2, 0.25) is 5.02 Å². The van der Waals surface area contributed by atoms with Gasteiger partial charge in [-0.3, -0.25) is 14.4 Å². The highest BCUT2D eigenvalue weighted by Crippen LogP contribution is 2.39. The molecular formula is C25H28ClN5O5S. The van der Waals surface area contributed by atoms with Crippen LogP contribution < -0.4 is 5.32 Å². The van der Waals surface area contributed by atoms with Gasteiger partial charge in [-0.05, 0) is 38.5 Å². The Morgan fingerprint density at radius 1 is 1.11 bits per heavy atom. The maximum Gasteiger partial charge on any atom is 0.329 e. The fourth-order valence-electron chi connectivity index (χ4n) is 4.02. The number of nitrogens with zero attached hydrogens (tertiary/aromatic N) is 4. The van der Waals surface area contributed by atoms with Crippen molar-refractivity contribution in [3.8, 4) is 5.00 Å². The predicted octanol–water partition coefficient (Wildman–Crippen LogP) is 3.42. The molecule has 0 radical (unpaired) electrons. The highest BCUT2D eigenvalue weighted by Gasteiger charge is 2.32. The van der Waals surface area contributed by atoms with Gasteiger partial charge in [0.15, 0.2) is 5.82 Å². The summed E-state index contributed by atoms with van der Waals surface area (Å²) in [7, 11) is 0. The first-order valence-electron chi connectivity index (χ1n) is 11.8. The van der Waals surface area contributed by atoms with Gasteiger partial charge in [-0.1, -0.05) is 23.7 Å². The third-order valence-corrected chi connectivity index (χ3v) is 7.35. The minimum absolute atomic E-state index is 0.0872. The number of hydrogen-bond donors (Lipinski definition) is 2. The lowest BCUT2D eigenvalue weighted by Gasteiger charge is -2.13. The SMILES string of the molecule is Cc1sc2c(c1C)C(c1ccc(Cl)cc1)=N[C@@H](CC(=O)NCCOCCOCC(=O)O)c1nnc(C)n1-2. The smallest absolute Gasteiger partial charge is 0.329 e. The Morgan fingerprint density at radius 3 is 2.57 bits per heavy atom. The average molecular weight is 546 g/mol. The van der Waals surface area contributed by atoms with Gasteiger partial charge in [-0.25, -0.2) is 4.79 Å². The Hall–Kier alpha value is -3.12. The number of aryl methyl sites for hydroxylation is 2. The zero-order valence-corrected chi connectivity index (χ0v) is 22.4. The van der Waals surface area contributed by atoms with E-state index in [-0.39, 0.29) is 38.8 Å². The molecule has 1 atom stereocenters. The van der Waals surface area contributed by atoms with E-state index in [1.807, 2.05) is 35.8 Å². The van der Waals surface area contributed by atoms with Crippen molar-refractivity contribution < 1.29 is 24.2 Å². The molecule has 196 valence electrons. The number of aromatic nitrogens is 3. The van der Waals surface area contributed by atoms with Crippen molar-refractivity contribution in [1.29, 1.82) is 0 Å². The molecule has 0 saturated heterocycles. The highest BCUT2D eigenvalue weighted by atomic mass is 35.5. The number of rotatable bonds is 11. The standard InChI is InChI=1S/C25H28ClN5O5S/c1-14-15(2)37-25-22(14)23(17-4-6-18(26)7-5-17)28-19(24-30-29-16(3)31(24)25)12-20(32)27-8-9-35-10-11-36-13-21(33)34/h4-7,19H,8-13H2,1-3H3,(H,27,32)(H,33,34)/t19-/m0/s1. The predicted molar refractivity (Wildman–Crippen MR) is 140 cm³/mol. The Morgan fingerprint density at radius 2 is 1.84 bits per heavy atom. The quantitative estimate of drug-likeness (QED) is 0.353. The summed E-state index contributed by atoms with van der Waals surface area (Å²) in [4.78, 5) is 29.6. The summed E-state index contributed by atoms with van der Waals surface area (Å²) in [5.74, 6) is 0.124. The Bertz CT molecular complexity index is 1320. The molecule has 0 bridgehead atoms. The summed E-state index contributed by atoms with van der Waals surface area (Å²) in [6.07, 6.45) is 0.0872. The van der Waals surface area contributed by atoms with Gasteiger partial charge in [0, 0.05) is 27.6 Å². The molecule has 4 rings (SSSR count). The van der Waals surface area contributed by atoms with Crippen LogP contribution in [0.5, 0.6) is 0 Å². The van der Waals surface area contributed by atoms with Crippen LogP contribution in [0.25, 0.3) is 5.00 Å². The zero-order chi connectivity index (χ0) is 26.5. The van der Waals surface area contributed by atoms with Gasteiger partial charge in [0.2, 0.25) is 5.91 Å². The van der Waals surface area contributed by atoms with Crippen molar-refractivity contribution in [3.63, 3.8) is 0 Å². The summed E-state index contributed by atoms with van der Waals surface area (Å²) < 4.78 is 12.3. The lowest BCUT2D eigenvalue weighted by Crippen LogP contribution is -2.29. The molecule has 0 aliphatic carbocycles. The van der Waals surface area contributed by atoms with E-state index in [2.05, 4.69) is 29.4 Å². The third kappa shape index (κ3) is 6.24. The Balaban J connectivity index is 1.52. The largest absolute Gasteiger partial charge is 0.480 e. The first-order chi connectivity index (χ1) is 17.8. The highest BCUT2D eigenvalue weighted by molar-refractivity contribution is 7.15. The fourth-order valence-corrected chi connectivity index (χ4v) is 5.36. The van der Waals surface area contributed by atoms with Crippen LogP contribution in [0.4, 0.5) is 0 Å². The van der Waals surface area contributed by atoms with Crippen LogP contribution in [0, 0.1) is 20.8 Å². The number of benzene rings is 1. The zero-order valence-electron chi connectivity index (χ0n) is 20.8. The van der Waals surface area contributed by atoms with Crippen molar-refractivity contribution in [2.24, 2.45) is 4.99 Å². The number of amides is 1. The number of thiophene rings is 1. The summed E-state index contributed by atoms with van der Waals surface area (Å²) in [5, 5.41) is 21.7. The molecule has 2 aromatic heterocycles. The number of carboxylic acid groups (broad SMARTS) is 1. The van der Waals surface area contributed by atoms with Crippen LogP contribution in [-0.4, -0.2) is 70.4 Å². The summed E-state index contributed by atoms with van der Waals surface area (Å²) in [5.41, 5.74) is 3.84. The number of hydrogen-bond acceptors (Lipinski definition) is 8. The van der Waals surface area contributed by atoms with E-state index in [9.17, 15) is 9.59 Å². The second kappa shape index (κ2) is 12.0. The van der Waals surface area contributed by atoms with Gasteiger partial charge < -0.3 is 19.9 Å². The molecule has 1 aliphatic heterocycles. The van der Waals surface area contributed by atoms with Crippen molar-refractivity contribution in [3.05, 3.63) is 62.5 Å². The normalized spacial score (nSPS) is 14.5. The number of carbonyl (C=O) groups excluding carboxylic acids is 1. The molecule has 3 heterocycles. The number of aliphatic carboxylic acids is 1. The van der Waals surface area contributed by atoms with Crippen LogP contribution in [-0.2, 0) is 19.1 Å². The minimum atomic E-state index is -1.03. The molecule has 12 heteroatoms. The van der Waals surface area contributed by atoms with Crippen LogP contribution in [0.3, 0.4) is 0 Å². The van der Waals surface area contributed by atoms with Gasteiger partial charge >= 0.3 is 5.97 Å². The van der Waals surface area contributed by atoms with Gasteiger partial charge in [-0.2, -0.15) is 0 Å². The van der Waals surface area contributed by atoms with Crippen LogP contribution >= 0.6 is 22.9 Å². The van der Waals surface area contributed by atoms with Crippen molar-refractivity contribution >= 4 is 40.5 Å². The van der Waals surface area contributed by atoms with Crippen molar-refractivity contribution in [2.75, 3.05) is 33.0 Å². The molecule has 2 N–H and O–H groups in total. The van der Waals surface area contributed by atoms with E-state index < -0.39 is 12.0 Å². The number of nitrogens with one attached hydrogen (secondary N) is 1. The van der Waals surface area contributed by atoms with E-state index in [0.29, 0.717) is 17.4 Å². The second-order valence-electron chi connectivity index (χ2n) is 8.52. The Labute approximate surface area is 223 Å².